The first-order valence-electron chi connectivity index (χ1n) is 16.7. The molecular formula is C45H29N5S. The van der Waals surface area contributed by atoms with Gasteiger partial charge in [-0.3, -0.25) is 19.9 Å². The molecule has 0 amide bonds. The summed E-state index contributed by atoms with van der Waals surface area (Å²) in [7, 11) is 0. The van der Waals surface area contributed by atoms with Crippen LogP contribution in [-0.2, 0) is 0 Å². The summed E-state index contributed by atoms with van der Waals surface area (Å²) < 4.78 is 1.16. The van der Waals surface area contributed by atoms with Crippen molar-refractivity contribution in [2.45, 2.75) is 0 Å². The van der Waals surface area contributed by atoms with Crippen molar-refractivity contribution in [3.8, 4) is 77.3 Å². The topological polar surface area (TPSA) is 64.5 Å². The van der Waals surface area contributed by atoms with Crippen molar-refractivity contribution in [1.82, 2.24) is 24.9 Å². The van der Waals surface area contributed by atoms with E-state index in [-0.39, 0.29) is 0 Å². The molecule has 0 fully saturated rings. The number of thiazole rings is 1. The highest BCUT2D eigenvalue weighted by atomic mass is 32.1. The number of nitrogens with zero attached hydrogens (tertiary/aromatic N) is 5. The zero-order valence-corrected chi connectivity index (χ0v) is 28.2. The van der Waals surface area contributed by atoms with Gasteiger partial charge in [-0.15, -0.1) is 11.3 Å². The molecule has 0 aliphatic heterocycles. The summed E-state index contributed by atoms with van der Waals surface area (Å²) >= 11 is 1.71. The Kier molecular flexibility index (Phi) is 7.97. The minimum atomic E-state index is 0.978. The van der Waals surface area contributed by atoms with Crippen LogP contribution in [0.25, 0.3) is 87.5 Å². The minimum Gasteiger partial charge on any atom is -0.264 e. The van der Waals surface area contributed by atoms with Crippen LogP contribution in [0.4, 0.5) is 0 Å². The highest BCUT2D eigenvalue weighted by Gasteiger charge is 2.15. The summed E-state index contributed by atoms with van der Waals surface area (Å²) in [4.78, 5) is 22.8. The lowest BCUT2D eigenvalue weighted by atomic mass is 9.90. The zero-order chi connectivity index (χ0) is 34.0. The lowest BCUT2D eigenvalue weighted by molar-refractivity contribution is 1.32. The molecule has 0 saturated heterocycles. The average molecular weight is 672 g/mol. The van der Waals surface area contributed by atoms with Gasteiger partial charge in [-0.05, 0) is 136 Å². The van der Waals surface area contributed by atoms with E-state index in [1.54, 1.807) is 11.3 Å². The van der Waals surface area contributed by atoms with Crippen molar-refractivity contribution in [2.75, 3.05) is 0 Å². The molecule has 0 atom stereocenters. The standard InChI is InChI=1S/C45H29N5S/c1-2-12-44-43(11-1)50-45(51-44)42-24-40(38-19-34(30-7-3-13-46-26-30)17-35(20-38)31-8-4-14-47-27-31)23-41(25-42)39-21-36(32-9-5-15-48-28-32)18-37(22-39)33-10-6-16-49-29-33/h1-29H. The number of benzene rings is 4. The Bertz CT molecular complexity index is 2330. The Morgan fingerprint density at radius 2 is 0.647 bits per heavy atom. The van der Waals surface area contributed by atoms with Gasteiger partial charge < -0.3 is 0 Å². The maximum Gasteiger partial charge on any atom is 0.124 e. The molecule has 9 rings (SSSR count). The molecule has 0 aliphatic carbocycles. The lowest BCUT2D eigenvalue weighted by Gasteiger charge is -2.15. The summed E-state index contributed by atoms with van der Waals surface area (Å²) in [6.45, 7) is 0. The van der Waals surface area contributed by atoms with Gasteiger partial charge in [0.05, 0.1) is 10.2 Å². The quantitative estimate of drug-likeness (QED) is 0.169. The van der Waals surface area contributed by atoms with Gasteiger partial charge in [0.2, 0.25) is 0 Å². The van der Waals surface area contributed by atoms with Gasteiger partial charge in [0.25, 0.3) is 0 Å². The second kappa shape index (κ2) is 13.3. The predicted molar refractivity (Wildman–Crippen MR) is 209 cm³/mol. The molecule has 4 aromatic carbocycles. The third kappa shape index (κ3) is 6.32. The second-order valence-corrected chi connectivity index (χ2v) is 13.4. The normalized spacial score (nSPS) is 11.1. The first-order valence-corrected chi connectivity index (χ1v) is 17.5. The van der Waals surface area contributed by atoms with Crippen LogP contribution < -0.4 is 0 Å². The van der Waals surface area contributed by atoms with E-state index in [0.717, 1.165) is 87.5 Å². The second-order valence-electron chi connectivity index (χ2n) is 12.4. The molecule has 0 radical (unpaired) electrons. The van der Waals surface area contributed by atoms with Crippen molar-refractivity contribution >= 4 is 21.6 Å². The minimum absolute atomic E-state index is 0.978. The third-order valence-electron chi connectivity index (χ3n) is 8.99. The van der Waals surface area contributed by atoms with E-state index in [9.17, 15) is 0 Å². The van der Waals surface area contributed by atoms with Crippen molar-refractivity contribution in [3.05, 3.63) is 177 Å². The van der Waals surface area contributed by atoms with Crippen LogP contribution in [0, 0.1) is 0 Å². The van der Waals surface area contributed by atoms with Crippen molar-refractivity contribution in [3.63, 3.8) is 0 Å². The number of fused-ring (bicyclic) bond motifs is 1. The summed E-state index contributed by atoms with van der Waals surface area (Å²) in [6, 6.07) is 44.9. The van der Waals surface area contributed by atoms with Crippen LogP contribution in [0.2, 0.25) is 0 Å². The molecule has 0 unspecified atom stereocenters. The van der Waals surface area contributed by atoms with Gasteiger partial charge in [-0.2, -0.15) is 0 Å². The zero-order valence-electron chi connectivity index (χ0n) is 27.4. The van der Waals surface area contributed by atoms with E-state index >= 15 is 0 Å². The van der Waals surface area contributed by atoms with Gasteiger partial charge in [-0.25, -0.2) is 4.98 Å². The van der Waals surface area contributed by atoms with Crippen LogP contribution in [-0.4, -0.2) is 24.9 Å². The maximum atomic E-state index is 5.10. The van der Waals surface area contributed by atoms with E-state index in [2.05, 4.69) is 117 Å². The van der Waals surface area contributed by atoms with Gasteiger partial charge >= 0.3 is 0 Å². The van der Waals surface area contributed by atoms with Crippen molar-refractivity contribution in [1.29, 1.82) is 0 Å². The van der Waals surface area contributed by atoms with E-state index < -0.39 is 0 Å². The van der Waals surface area contributed by atoms with Crippen LogP contribution in [0.5, 0.6) is 0 Å². The fraction of sp³-hybridized carbons (Fsp3) is 0. The molecule has 51 heavy (non-hydrogen) atoms. The first kappa shape index (κ1) is 30.4. The largest absolute Gasteiger partial charge is 0.264 e. The van der Waals surface area contributed by atoms with Crippen LogP contribution in [0.1, 0.15) is 0 Å². The van der Waals surface area contributed by atoms with Crippen LogP contribution in [0.3, 0.4) is 0 Å². The molecule has 0 N–H and O–H groups in total. The average Bonchev–Trinajstić information content (AvgIpc) is 3.66. The van der Waals surface area contributed by atoms with Gasteiger partial charge in [-0.1, -0.05) is 36.4 Å². The Morgan fingerprint density at radius 3 is 0.980 bits per heavy atom. The van der Waals surface area contributed by atoms with E-state index in [1.807, 2.05) is 79.9 Å². The Labute approximate surface area is 299 Å². The molecule has 0 bridgehead atoms. The highest BCUT2D eigenvalue weighted by Crippen LogP contribution is 2.40. The van der Waals surface area contributed by atoms with Crippen molar-refractivity contribution in [2.24, 2.45) is 0 Å². The number of para-hydroxylation sites is 1. The lowest BCUT2D eigenvalue weighted by Crippen LogP contribution is -1.91. The third-order valence-corrected chi connectivity index (χ3v) is 10.1. The molecule has 5 nitrogen and oxygen atoms in total. The molecule has 9 aromatic rings. The molecule has 6 heteroatoms. The van der Waals surface area contributed by atoms with Gasteiger partial charge in [0.15, 0.2) is 0 Å². The molecule has 5 aromatic heterocycles. The maximum absolute atomic E-state index is 5.10. The summed E-state index contributed by atoms with van der Waals surface area (Å²) in [5.41, 5.74) is 15.0. The fourth-order valence-corrected chi connectivity index (χ4v) is 7.42. The molecule has 240 valence electrons. The molecule has 0 spiro atoms. The van der Waals surface area contributed by atoms with Crippen LogP contribution >= 0.6 is 11.3 Å². The fourth-order valence-electron chi connectivity index (χ4n) is 6.47. The van der Waals surface area contributed by atoms with Gasteiger partial charge in [0, 0.05) is 77.4 Å². The number of rotatable bonds is 7. The Morgan fingerprint density at radius 1 is 0.314 bits per heavy atom. The number of aromatic nitrogens is 5. The first-order chi connectivity index (χ1) is 25.2. The molecular weight excluding hydrogens is 643 g/mol. The van der Waals surface area contributed by atoms with E-state index in [0.29, 0.717) is 0 Å². The SMILES string of the molecule is c1cncc(-c2cc(-c3cccnc3)cc(-c3cc(-c4cc(-c5cccnc5)cc(-c5cccnc5)c4)cc(-c4nc5ccccc5s4)c3)c2)c1. The summed E-state index contributed by atoms with van der Waals surface area (Å²) in [5, 5.41) is 0.978. The number of pyridine rings is 4. The molecule has 0 aliphatic rings. The predicted octanol–water partition coefficient (Wildman–Crippen LogP) is 11.5. The van der Waals surface area contributed by atoms with E-state index in [1.165, 1.54) is 0 Å². The molecule has 0 saturated carbocycles. The smallest absolute Gasteiger partial charge is 0.124 e. The Hall–Kier alpha value is -6.63. The summed E-state index contributed by atoms with van der Waals surface area (Å²) in [5.74, 6) is 0. The van der Waals surface area contributed by atoms with Gasteiger partial charge in [0.1, 0.15) is 5.01 Å². The highest BCUT2D eigenvalue weighted by molar-refractivity contribution is 7.21. The number of hydrogen-bond acceptors (Lipinski definition) is 6. The monoisotopic (exact) mass is 671 g/mol. The Balaban J connectivity index is 1.29. The van der Waals surface area contributed by atoms with Crippen LogP contribution in [0.15, 0.2) is 177 Å². The number of hydrogen-bond donors (Lipinski definition) is 0. The molecule has 5 heterocycles. The van der Waals surface area contributed by atoms with Crippen molar-refractivity contribution < 1.29 is 0 Å². The summed E-state index contributed by atoms with van der Waals surface area (Å²) in [6.07, 6.45) is 14.9. The van der Waals surface area contributed by atoms with E-state index in [4.69, 9.17) is 4.98 Å².